The number of hydrogen-bond acceptors (Lipinski definition) is 3. The van der Waals surface area contributed by atoms with E-state index in [0.29, 0.717) is 10.0 Å². The highest BCUT2D eigenvalue weighted by Crippen LogP contribution is 2.23. The minimum Gasteiger partial charge on any atom is -0.478 e. The van der Waals surface area contributed by atoms with Gasteiger partial charge in [0.05, 0.1) is 11.6 Å². The van der Waals surface area contributed by atoms with E-state index >= 15 is 0 Å². The van der Waals surface area contributed by atoms with Gasteiger partial charge in [-0.05, 0) is 36.1 Å². The molecule has 2 aromatic rings. The quantitative estimate of drug-likeness (QED) is 0.796. The van der Waals surface area contributed by atoms with Crippen LogP contribution in [0.2, 0.25) is 5.02 Å². The molecule has 1 heterocycles. The van der Waals surface area contributed by atoms with Crippen molar-refractivity contribution < 1.29 is 14.7 Å². The van der Waals surface area contributed by atoms with E-state index in [-0.39, 0.29) is 11.6 Å². The number of hydrogen-bond donors (Lipinski definition) is 3. The molecule has 110 valence electrons. The summed E-state index contributed by atoms with van der Waals surface area (Å²) in [6.07, 6.45) is 0. The van der Waals surface area contributed by atoms with Gasteiger partial charge in [-0.2, -0.15) is 0 Å². The van der Waals surface area contributed by atoms with Crippen LogP contribution in [0.4, 0.5) is 9.80 Å². The summed E-state index contributed by atoms with van der Waals surface area (Å²) in [4.78, 5) is 22.9. The van der Waals surface area contributed by atoms with Crippen LogP contribution in [-0.4, -0.2) is 17.1 Å². The van der Waals surface area contributed by atoms with Crippen molar-refractivity contribution in [2.24, 2.45) is 0 Å². The molecule has 0 saturated carbocycles. The Morgan fingerprint density at radius 1 is 1.33 bits per heavy atom. The summed E-state index contributed by atoms with van der Waals surface area (Å²) in [5, 5.41) is 16.8. The molecule has 2 rings (SSSR count). The predicted molar refractivity (Wildman–Crippen MR) is 83.3 cm³/mol. The van der Waals surface area contributed by atoms with E-state index in [1.54, 1.807) is 23.6 Å². The molecule has 0 aliphatic rings. The van der Waals surface area contributed by atoms with Crippen molar-refractivity contribution in [2.75, 3.05) is 5.32 Å². The number of halogens is 1. The molecule has 0 spiro atoms. The largest absolute Gasteiger partial charge is 0.478 e. The molecule has 1 atom stereocenters. The van der Waals surface area contributed by atoms with Crippen molar-refractivity contribution in [1.29, 1.82) is 0 Å². The van der Waals surface area contributed by atoms with Gasteiger partial charge in [0.15, 0.2) is 0 Å². The molecule has 21 heavy (non-hydrogen) atoms. The molecule has 3 N–H and O–H groups in total. The first-order chi connectivity index (χ1) is 9.97. The molecule has 0 fully saturated rings. The van der Waals surface area contributed by atoms with Crippen molar-refractivity contribution >= 4 is 39.9 Å². The van der Waals surface area contributed by atoms with Crippen LogP contribution < -0.4 is 10.6 Å². The highest BCUT2D eigenvalue weighted by atomic mass is 35.5. The smallest absolute Gasteiger partial charge is 0.338 e. The zero-order valence-electron chi connectivity index (χ0n) is 11.1. The monoisotopic (exact) mass is 324 g/mol. The van der Waals surface area contributed by atoms with Crippen LogP contribution in [0.25, 0.3) is 0 Å². The van der Waals surface area contributed by atoms with Crippen molar-refractivity contribution in [2.45, 2.75) is 13.0 Å². The highest BCUT2D eigenvalue weighted by molar-refractivity contribution is 7.14. The van der Waals surface area contributed by atoms with E-state index in [4.69, 9.17) is 16.7 Å². The Balaban J connectivity index is 2.01. The average Bonchev–Trinajstić information content (AvgIpc) is 2.86. The predicted octanol–water partition coefficient (Wildman–Crippen LogP) is 3.98. The fourth-order valence-corrected chi connectivity index (χ4v) is 2.74. The Labute approximate surface area is 130 Å². The first kappa shape index (κ1) is 15.3. The van der Waals surface area contributed by atoms with E-state index in [0.717, 1.165) is 16.9 Å². The number of carbonyl (C=O) groups is 2. The van der Waals surface area contributed by atoms with Gasteiger partial charge in [-0.1, -0.05) is 23.7 Å². The van der Waals surface area contributed by atoms with Gasteiger partial charge in [-0.15, -0.1) is 11.3 Å². The number of thiophene rings is 1. The lowest BCUT2D eigenvalue weighted by molar-refractivity contribution is 0.0698. The molecule has 1 unspecified atom stereocenters. The molecule has 0 aliphatic heterocycles. The third-order valence-electron chi connectivity index (χ3n) is 2.82. The van der Waals surface area contributed by atoms with Crippen LogP contribution in [0.15, 0.2) is 35.7 Å². The van der Waals surface area contributed by atoms with Crippen LogP contribution in [-0.2, 0) is 0 Å². The second-order valence-electron chi connectivity index (χ2n) is 4.34. The standard InChI is InChI=1S/C14H13ClN2O3S/c1-8(9-3-2-4-10(15)7-9)16-14(20)17-12-11(13(18)19)5-6-21-12/h2-8H,1H3,(H,18,19)(H2,16,17,20). The molecule has 0 bridgehead atoms. The van der Waals surface area contributed by atoms with Crippen LogP contribution in [0.5, 0.6) is 0 Å². The fourth-order valence-electron chi connectivity index (χ4n) is 1.77. The zero-order chi connectivity index (χ0) is 15.4. The van der Waals surface area contributed by atoms with E-state index in [1.165, 1.54) is 6.07 Å². The molecule has 1 aromatic carbocycles. The number of nitrogens with one attached hydrogen (secondary N) is 2. The van der Waals surface area contributed by atoms with E-state index in [1.807, 2.05) is 13.0 Å². The van der Waals surface area contributed by atoms with Gasteiger partial charge in [0.25, 0.3) is 0 Å². The number of carboxylic acids is 1. The lowest BCUT2D eigenvalue weighted by Crippen LogP contribution is -2.31. The van der Waals surface area contributed by atoms with Crippen LogP contribution in [0, 0.1) is 0 Å². The van der Waals surface area contributed by atoms with E-state index in [9.17, 15) is 9.59 Å². The lowest BCUT2D eigenvalue weighted by atomic mass is 10.1. The average molecular weight is 325 g/mol. The molecule has 0 aliphatic carbocycles. The molecule has 5 nitrogen and oxygen atoms in total. The minimum absolute atomic E-state index is 0.0746. The number of carbonyl (C=O) groups excluding carboxylic acids is 1. The summed E-state index contributed by atoms with van der Waals surface area (Å²) in [6.45, 7) is 1.82. The zero-order valence-corrected chi connectivity index (χ0v) is 12.7. The van der Waals surface area contributed by atoms with Crippen molar-refractivity contribution in [3.63, 3.8) is 0 Å². The van der Waals surface area contributed by atoms with Crippen LogP contribution in [0.3, 0.4) is 0 Å². The number of carboxylic acid groups (broad SMARTS) is 1. The second kappa shape index (κ2) is 6.60. The third kappa shape index (κ3) is 3.96. The maximum atomic E-state index is 11.9. The van der Waals surface area contributed by atoms with Gasteiger partial charge in [-0.25, -0.2) is 9.59 Å². The van der Waals surface area contributed by atoms with Crippen LogP contribution in [0.1, 0.15) is 28.9 Å². The van der Waals surface area contributed by atoms with Gasteiger partial charge in [0.2, 0.25) is 0 Å². The normalized spacial score (nSPS) is 11.7. The summed E-state index contributed by atoms with van der Waals surface area (Å²) in [5.41, 5.74) is 0.938. The minimum atomic E-state index is -1.07. The Morgan fingerprint density at radius 2 is 2.10 bits per heavy atom. The van der Waals surface area contributed by atoms with Gasteiger partial charge < -0.3 is 10.4 Å². The lowest BCUT2D eigenvalue weighted by Gasteiger charge is -2.15. The summed E-state index contributed by atoms with van der Waals surface area (Å²) < 4.78 is 0. The Hall–Kier alpha value is -2.05. The van der Waals surface area contributed by atoms with Crippen LogP contribution >= 0.6 is 22.9 Å². The van der Waals surface area contributed by atoms with Crippen molar-refractivity contribution in [3.05, 3.63) is 51.9 Å². The van der Waals surface area contributed by atoms with Gasteiger partial charge in [0, 0.05) is 5.02 Å². The number of rotatable bonds is 4. The fraction of sp³-hybridized carbons (Fsp3) is 0.143. The Kier molecular flexibility index (Phi) is 4.82. The molecule has 2 amide bonds. The Morgan fingerprint density at radius 3 is 2.76 bits per heavy atom. The third-order valence-corrected chi connectivity index (χ3v) is 3.88. The molecular formula is C14H13ClN2O3S. The number of aromatic carboxylic acids is 1. The molecule has 7 heteroatoms. The first-order valence-corrected chi connectivity index (χ1v) is 7.37. The molecule has 0 radical (unpaired) electrons. The van der Waals surface area contributed by atoms with Crippen molar-refractivity contribution in [1.82, 2.24) is 5.32 Å². The van der Waals surface area contributed by atoms with E-state index < -0.39 is 12.0 Å². The first-order valence-electron chi connectivity index (χ1n) is 6.11. The number of anilines is 1. The topological polar surface area (TPSA) is 78.4 Å². The summed E-state index contributed by atoms with van der Waals surface area (Å²) in [7, 11) is 0. The maximum Gasteiger partial charge on any atom is 0.338 e. The number of amides is 2. The Bertz CT molecular complexity index is 672. The maximum absolute atomic E-state index is 11.9. The van der Waals surface area contributed by atoms with Gasteiger partial charge in [-0.3, -0.25) is 5.32 Å². The summed E-state index contributed by atoms with van der Waals surface area (Å²) in [5.74, 6) is -1.07. The van der Waals surface area contributed by atoms with Crippen molar-refractivity contribution in [3.8, 4) is 0 Å². The van der Waals surface area contributed by atoms with Gasteiger partial charge in [0.1, 0.15) is 5.00 Å². The molecular weight excluding hydrogens is 312 g/mol. The summed E-state index contributed by atoms with van der Waals surface area (Å²) >= 11 is 7.06. The molecule has 1 aromatic heterocycles. The number of benzene rings is 1. The highest BCUT2D eigenvalue weighted by Gasteiger charge is 2.15. The number of urea groups is 1. The molecule has 0 saturated heterocycles. The van der Waals surface area contributed by atoms with E-state index in [2.05, 4.69) is 10.6 Å². The SMILES string of the molecule is CC(NC(=O)Nc1sccc1C(=O)O)c1cccc(Cl)c1. The van der Waals surface area contributed by atoms with Gasteiger partial charge >= 0.3 is 12.0 Å². The second-order valence-corrected chi connectivity index (χ2v) is 5.70. The summed E-state index contributed by atoms with van der Waals surface area (Å²) in [6, 6.07) is 7.90.